The van der Waals surface area contributed by atoms with E-state index in [1.54, 1.807) is 57.4 Å². The third-order valence-electron chi connectivity index (χ3n) is 6.50. The van der Waals surface area contributed by atoms with E-state index in [2.05, 4.69) is 4.99 Å². The normalized spacial score (nSPS) is 14.9. The lowest BCUT2D eigenvalue weighted by Gasteiger charge is -2.25. The number of aromatic nitrogens is 1. The van der Waals surface area contributed by atoms with E-state index >= 15 is 0 Å². The van der Waals surface area contributed by atoms with Crippen molar-refractivity contribution in [1.82, 2.24) is 4.57 Å². The quantitative estimate of drug-likeness (QED) is 0.240. The molecule has 0 radical (unpaired) electrons. The Morgan fingerprint density at radius 1 is 1.05 bits per heavy atom. The van der Waals surface area contributed by atoms with Crippen LogP contribution in [0.1, 0.15) is 36.6 Å². The van der Waals surface area contributed by atoms with Crippen molar-refractivity contribution >= 4 is 46.6 Å². The maximum Gasteiger partial charge on any atom is 0.338 e. The molecular formula is C31H26Cl2N2O5S. The van der Waals surface area contributed by atoms with Gasteiger partial charge in [0.2, 0.25) is 0 Å². The first-order chi connectivity index (χ1) is 19.8. The monoisotopic (exact) mass is 608 g/mol. The average molecular weight is 610 g/mol. The summed E-state index contributed by atoms with van der Waals surface area (Å²) in [6.45, 7) is 4.01. The molecule has 7 nitrogen and oxygen atoms in total. The second kappa shape index (κ2) is 12.3. The summed E-state index contributed by atoms with van der Waals surface area (Å²) in [7, 11) is 1.55. The highest BCUT2D eigenvalue weighted by Crippen LogP contribution is 2.36. The largest absolute Gasteiger partial charge is 0.493 e. The zero-order chi connectivity index (χ0) is 29.1. The molecule has 10 heteroatoms. The van der Waals surface area contributed by atoms with Crippen LogP contribution in [-0.4, -0.2) is 24.3 Å². The summed E-state index contributed by atoms with van der Waals surface area (Å²) < 4.78 is 19.0. The lowest BCUT2D eigenvalue weighted by molar-refractivity contribution is -0.139. The van der Waals surface area contributed by atoms with Crippen LogP contribution in [0.5, 0.6) is 11.5 Å². The van der Waals surface area contributed by atoms with Gasteiger partial charge in [-0.15, -0.1) is 0 Å². The number of thiazole rings is 1. The van der Waals surface area contributed by atoms with E-state index in [-0.39, 0.29) is 17.7 Å². The van der Waals surface area contributed by atoms with Crippen molar-refractivity contribution in [3.05, 3.63) is 124 Å². The van der Waals surface area contributed by atoms with Gasteiger partial charge in [-0.05, 0) is 60.9 Å². The smallest absolute Gasteiger partial charge is 0.338 e. The highest BCUT2D eigenvalue weighted by molar-refractivity contribution is 7.07. The first-order valence-corrected chi connectivity index (χ1v) is 14.4. The number of hydrogen-bond acceptors (Lipinski definition) is 7. The molecule has 3 aromatic carbocycles. The predicted molar refractivity (Wildman–Crippen MR) is 161 cm³/mol. The Balaban J connectivity index is 1.62. The fourth-order valence-electron chi connectivity index (χ4n) is 4.57. The van der Waals surface area contributed by atoms with Crippen LogP contribution in [-0.2, 0) is 16.1 Å². The van der Waals surface area contributed by atoms with Crippen molar-refractivity contribution in [1.29, 1.82) is 0 Å². The van der Waals surface area contributed by atoms with E-state index < -0.39 is 12.0 Å². The van der Waals surface area contributed by atoms with Gasteiger partial charge in [-0.25, -0.2) is 9.79 Å². The van der Waals surface area contributed by atoms with Crippen molar-refractivity contribution in [3.63, 3.8) is 0 Å². The van der Waals surface area contributed by atoms with Crippen LogP contribution in [0.3, 0.4) is 0 Å². The molecule has 210 valence electrons. The summed E-state index contributed by atoms with van der Waals surface area (Å²) in [4.78, 5) is 32.2. The number of carbonyl (C=O) groups excluding carboxylic acids is 1. The highest BCUT2D eigenvalue weighted by Gasteiger charge is 2.34. The van der Waals surface area contributed by atoms with Gasteiger partial charge in [0, 0.05) is 0 Å². The zero-order valence-electron chi connectivity index (χ0n) is 22.5. The Morgan fingerprint density at radius 2 is 1.83 bits per heavy atom. The summed E-state index contributed by atoms with van der Waals surface area (Å²) >= 11 is 13.5. The molecule has 4 aromatic rings. The summed E-state index contributed by atoms with van der Waals surface area (Å²) in [6.07, 6.45) is 1.73. The highest BCUT2D eigenvalue weighted by atomic mass is 35.5. The second-order valence-electron chi connectivity index (χ2n) is 9.16. The first kappa shape index (κ1) is 28.7. The number of esters is 1. The van der Waals surface area contributed by atoms with Crippen LogP contribution in [0.15, 0.2) is 87.8 Å². The van der Waals surface area contributed by atoms with Crippen LogP contribution < -0.4 is 24.4 Å². The van der Waals surface area contributed by atoms with E-state index in [4.69, 9.17) is 37.4 Å². The Hall–Kier alpha value is -3.85. The summed E-state index contributed by atoms with van der Waals surface area (Å²) in [5, 5.41) is 0.804. The topological polar surface area (TPSA) is 79.1 Å². The first-order valence-electron chi connectivity index (χ1n) is 12.8. The van der Waals surface area contributed by atoms with Crippen molar-refractivity contribution in [2.24, 2.45) is 4.99 Å². The van der Waals surface area contributed by atoms with Crippen molar-refractivity contribution < 1.29 is 19.0 Å². The molecule has 1 aromatic heterocycles. The average Bonchev–Trinajstić information content (AvgIpc) is 3.27. The molecule has 1 aliphatic rings. The van der Waals surface area contributed by atoms with Crippen molar-refractivity contribution in [2.75, 3.05) is 13.7 Å². The number of halogens is 2. The molecule has 41 heavy (non-hydrogen) atoms. The van der Waals surface area contributed by atoms with Crippen LogP contribution in [0.25, 0.3) is 6.08 Å². The standard InChI is InChI=1S/C31H26Cl2N2O5S/c1-4-39-30(37)27-18(2)34-31-35(29(36)26(41-31)15-20-10-12-22(32)23(33)14-20)28(27)21-11-13-24(25(16-21)38-3)40-17-19-8-6-5-7-9-19/h5-16,28H,4,17H2,1-3H3. The van der Waals surface area contributed by atoms with Gasteiger partial charge in [-0.2, -0.15) is 0 Å². The maximum atomic E-state index is 13.9. The third kappa shape index (κ3) is 5.95. The Morgan fingerprint density at radius 3 is 2.54 bits per heavy atom. The number of carbonyl (C=O) groups is 1. The molecule has 0 aliphatic carbocycles. The summed E-state index contributed by atoms with van der Waals surface area (Å²) in [6, 6.07) is 19.5. The minimum Gasteiger partial charge on any atom is -0.493 e. The summed E-state index contributed by atoms with van der Waals surface area (Å²) in [5.41, 5.74) is 2.82. The molecular weight excluding hydrogens is 583 g/mol. The van der Waals surface area contributed by atoms with Crippen LogP contribution in [0.2, 0.25) is 10.0 Å². The molecule has 5 rings (SSSR count). The number of hydrogen-bond donors (Lipinski definition) is 0. The fourth-order valence-corrected chi connectivity index (χ4v) is 5.92. The van der Waals surface area contributed by atoms with Gasteiger partial charge in [0.05, 0.1) is 45.6 Å². The number of benzene rings is 3. The SMILES string of the molecule is CCOC(=O)C1=C(C)N=c2sc(=Cc3ccc(Cl)c(Cl)c3)c(=O)n2C1c1ccc(OCc2ccccc2)c(OC)c1. The van der Waals surface area contributed by atoms with Gasteiger partial charge in [0.25, 0.3) is 5.56 Å². The minimum absolute atomic E-state index is 0.180. The number of allylic oxidation sites excluding steroid dienone is 1. The number of methoxy groups -OCH3 is 1. The molecule has 0 saturated heterocycles. The molecule has 2 heterocycles. The molecule has 0 amide bonds. The Labute approximate surface area is 250 Å². The number of rotatable bonds is 8. The second-order valence-corrected chi connectivity index (χ2v) is 11.0. The summed E-state index contributed by atoms with van der Waals surface area (Å²) in [5.74, 6) is 0.459. The molecule has 1 unspecified atom stereocenters. The lowest BCUT2D eigenvalue weighted by atomic mass is 9.95. The Kier molecular flexibility index (Phi) is 8.63. The van der Waals surface area contributed by atoms with E-state index in [0.29, 0.717) is 54.3 Å². The van der Waals surface area contributed by atoms with Gasteiger partial charge in [-0.1, -0.05) is 77.0 Å². The van der Waals surface area contributed by atoms with Crippen LogP contribution in [0, 0.1) is 0 Å². The van der Waals surface area contributed by atoms with Gasteiger partial charge >= 0.3 is 5.97 Å². The fraction of sp³-hybridized carbons (Fsp3) is 0.194. The van der Waals surface area contributed by atoms with E-state index in [0.717, 1.165) is 5.56 Å². The zero-order valence-corrected chi connectivity index (χ0v) is 24.8. The minimum atomic E-state index is -0.793. The van der Waals surface area contributed by atoms with Crippen LogP contribution in [0.4, 0.5) is 0 Å². The molecule has 0 N–H and O–H groups in total. The lowest BCUT2D eigenvalue weighted by Crippen LogP contribution is -2.40. The Bertz CT molecular complexity index is 1830. The van der Waals surface area contributed by atoms with Crippen molar-refractivity contribution in [2.45, 2.75) is 26.5 Å². The van der Waals surface area contributed by atoms with Gasteiger partial charge in [0.15, 0.2) is 16.3 Å². The van der Waals surface area contributed by atoms with Gasteiger partial charge < -0.3 is 14.2 Å². The van der Waals surface area contributed by atoms with E-state index in [1.807, 2.05) is 36.4 Å². The van der Waals surface area contributed by atoms with Crippen LogP contribution >= 0.6 is 34.5 Å². The predicted octanol–water partition coefficient (Wildman–Crippen LogP) is 5.69. The number of fused-ring (bicyclic) bond motifs is 1. The molecule has 1 aliphatic heterocycles. The molecule has 0 saturated carbocycles. The number of ether oxygens (including phenoxy) is 3. The van der Waals surface area contributed by atoms with Gasteiger partial charge in [0.1, 0.15) is 6.61 Å². The van der Waals surface area contributed by atoms with Crippen molar-refractivity contribution in [3.8, 4) is 11.5 Å². The molecule has 1 atom stereocenters. The number of nitrogens with zero attached hydrogens (tertiary/aromatic N) is 2. The van der Waals surface area contributed by atoms with Gasteiger partial charge in [-0.3, -0.25) is 9.36 Å². The van der Waals surface area contributed by atoms with E-state index in [1.165, 1.54) is 15.9 Å². The van der Waals surface area contributed by atoms with E-state index in [9.17, 15) is 9.59 Å². The molecule has 0 bridgehead atoms. The molecule has 0 spiro atoms. The third-order valence-corrected chi connectivity index (χ3v) is 8.22. The molecule has 0 fully saturated rings. The maximum absolute atomic E-state index is 13.9.